The van der Waals surface area contributed by atoms with Crippen molar-refractivity contribution in [1.29, 1.82) is 0 Å². The van der Waals surface area contributed by atoms with Gasteiger partial charge in [0.15, 0.2) is 0 Å². The summed E-state index contributed by atoms with van der Waals surface area (Å²) in [5, 5.41) is 22.6. The molecule has 1 unspecified atom stereocenters. The molecular weight excluding hydrogens is 262 g/mol. The fourth-order valence-corrected chi connectivity index (χ4v) is 2.23. The third-order valence-electron chi connectivity index (χ3n) is 3.64. The van der Waals surface area contributed by atoms with Gasteiger partial charge in [-0.15, -0.1) is 0 Å². The first kappa shape index (κ1) is 15.5. The first-order valence-corrected chi connectivity index (χ1v) is 7.44. The molecule has 0 radical (unpaired) electrons. The van der Waals surface area contributed by atoms with Gasteiger partial charge in [-0.3, -0.25) is 0 Å². The third kappa shape index (κ3) is 4.88. The van der Waals surface area contributed by atoms with Gasteiger partial charge in [-0.1, -0.05) is 43.3 Å². The molecule has 2 aromatic carbocycles. The van der Waals surface area contributed by atoms with E-state index < -0.39 is 6.10 Å². The molecule has 3 N–H and O–H groups in total. The Labute approximate surface area is 126 Å². The zero-order chi connectivity index (χ0) is 15.1. The number of aliphatic hydroxyl groups excluding tert-OH is 1. The predicted molar refractivity (Wildman–Crippen MR) is 85.5 cm³/mol. The van der Waals surface area contributed by atoms with Gasteiger partial charge in [0, 0.05) is 6.54 Å². The van der Waals surface area contributed by atoms with Crippen LogP contribution in [0.2, 0.25) is 0 Å². The summed E-state index contributed by atoms with van der Waals surface area (Å²) in [7, 11) is 0. The molecule has 0 saturated heterocycles. The number of rotatable bonds is 7. The molecule has 0 spiro atoms. The van der Waals surface area contributed by atoms with Crippen molar-refractivity contribution in [3.63, 3.8) is 0 Å². The van der Waals surface area contributed by atoms with Crippen LogP contribution in [0, 0.1) is 0 Å². The molecule has 1 atom stereocenters. The highest BCUT2D eigenvalue weighted by atomic mass is 16.3. The Balaban J connectivity index is 1.73. The van der Waals surface area contributed by atoms with Gasteiger partial charge in [0.1, 0.15) is 5.75 Å². The van der Waals surface area contributed by atoms with E-state index in [4.69, 9.17) is 0 Å². The second kappa shape index (κ2) is 7.81. The van der Waals surface area contributed by atoms with Crippen molar-refractivity contribution >= 4 is 0 Å². The highest BCUT2D eigenvalue weighted by molar-refractivity contribution is 5.26. The fourth-order valence-electron chi connectivity index (χ4n) is 2.23. The number of hydrogen-bond acceptors (Lipinski definition) is 3. The maximum atomic E-state index is 10.1. The molecule has 0 heterocycles. The molecule has 0 fully saturated rings. The van der Waals surface area contributed by atoms with Crippen LogP contribution >= 0.6 is 0 Å². The van der Waals surface area contributed by atoms with E-state index in [0.717, 1.165) is 24.9 Å². The van der Waals surface area contributed by atoms with Gasteiger partial charge in [0.25, 0.3) is 0 Å². The molecule has 0 aliphatic rings. The van der Waals surface area contributed by atoms with E-state index in [1.54, 1.807) is 12.1 Å². The van der Waals surface area contributed by atoms with Crippen molar-refractivity contribution < 1.29 is 10.2 Å². The zero-order valence-electron chi connectivity index (χ0n) is 12.4. The summed E-state index contributed by atoms with van der Waals surface area (Å²) in [6.45, 7) is 3.47. The summed E-state index contributed by atoms with van der Waals surface area (Å²) in [6.07, 6.45) is 1.42. The van der Waals surface area contributed by atoms with Crippen LogP contribution in [0.4, 0.5) is 0 Å². The van der Waals surface area contributed by atoms with Gasteiger partial charge in [-0.2, -0.15) is 0 Å². The summed E-state index contributed by atoms with van der Waals surface area (Å²) in [5.74, 6) is 0.289. The van der Waals surface area contributed by atoms with Gasteiger partial charge < -0.3 is 15.5 Å². The number of benzene rings is 2. The first-order chi connectivity index (χ1) is 10.2. The fraction of sp³-hybridized carbons (Fsp3) is 0.333. The third-order valence-corrected chi connectivity index (χ3v) is 3.64. The smallest absolute Gasteiger partial charge is 0.115 e. The zero-order valence-corrected chi connectivity index (χ0v) is 12.4. The second-order valence-electron chi connectivity index (χ2n) is 5.23. The number of aromatic hydroxyl groups is 1. The number of hydrogen-bond donors (Lipinski definition) is 3. The van der Waals surface area contributed by atoms with Crippen LogP contribution < -0.4 is 5.32 Å². The topological polar surface area (TPSA) is 52.5 Å². The number of phenols is 1. The second-order valence-corrected chi connectivity index (χ2v) is 5.23. The summed E-state index contributed by atoms with van der Waals surface area (Å²) in [6, 6.07) is 15.3. The molecule has 0 aromatic heterocycles. The van der Waals surface area contributed by atoms with E-state index in [9.17, 15) is 10.2 Å². The van der Waals surface area contributed by atoms with Gasteiger partial charge >= 0.3 is 0 Å². The van der Waals surface area contributed by atoms with Crippen molar-refractivity contribution in [2.45, 2.75) is 25.9 Å². The molecule has 3 heteroatoms. The summed E-state index contributed by atoms with van der Waals surface area (Å²) in [4.78, 5) is 0. The van der Waals surface area contributed by atoms with E-state index in [-0.39, 0.29) is 5.75 Å². The maximum absolute atomic E-state index is 10.1. The Bertz CT molecular complexity index is 534. The SMILES string of the molecule is CCc1ccc(C(O)CNCCc2ccc(O)cc2)cc1. The maximum Gasteiger partial charge on any atom is 0.115 e. The van der Waals surface area contributed by atoms with Crippen molar-refractivity contribution in [3.8, 4) is 5.75 Å². The van der Waals surface area contributed by atoms with Crippen LogP contribution in [-0.2, 0) is 12.8 Å². The minimum absolute atomic E-state index is 0.289. The van der Waals surface area contributed by atoms with Gasteiger partial charge in [0.2, 0.25) is 0 Å². The van der Waals surface area contributed by atoms with E-state index in [2.05, 4.69) is 24.4 Å². The lowest BCUT2D eigenvalue weighted by molar-refractivity contribution is 0.175. The Morgan fingerprint density at radius 1 is 0.952 bits per heavy atom. The molecule has 112 valence electrons. The highest BCUT2D eigenvalue weighted by Gasteiger charge is 2.06. The Morgan fingerprint density at radius 3 is 2.19 bits per heavy atom. The van der Waals surface area contributed by atoms with Crippen LogP contribution in [-0.4, -0.2) is 23.3 Å². The molecule has 2 aromatic rings. The number of phenolic OH excluding ortho intramolecular Hbond substituents is 1. The number of nitrogens with one attached hydrogen (secondary N) is 1. The van der Waals surface area contributed by atoms with Crippen LogP contribution in [0.15, 0.2) is 48.5 Å². The minimum atomic E-state index is -0.476. The summed E-state index contributed by atoms with van der Waals surface area (Å²) < 4.78 is 0. The summed E-state index contributed by atoms with van der Waals surface area (Å²) >= 11 is 0. The lowest BCUT2D eigenvalue weighted by atomic mass is 10.1. The van der Waals surface area contributed by atoms with E-state index >= 15 is 0 Å². The Morgan fingerprint density at radius 2 is 1.57 bits per heavy atom. The highest BCUT2D eigenvalue weighted by Crippen LogP contribution is 2.13. The molecule has 21 heavy (non-hydrogen) atoms. The molecule has 0 saturated carbocycles. The van der Waals surface area contributed by atoms with Crippen molar-refractivity contribution in [3.05, 3.63) is 65.2 Å². The van der Waals surface area contributed by atoms with E-state index in [0.29, 0.717) is 6.54 Å². The van der Waals surface area contributed by atoms with Gasteiger partial charge in [0.05, 0.1) is 6.10 Å². The van der Waals surface area contributed by atoms with Crippen LogP contribution in [0.3, 0.4) is 0 Å². The lowest BCUT2D eigenvalue weighted by Gasteiger charge is -2.13. The molecule has 2 rings (SSSR count). The first-order valence-electron chi connectivity index (χ1n) is 7.44. The number of aryl methyl sites for hydroxylation is 1. The van der Waals surface area contributed by atoms with E-state index in [1.807, 2.05) is 24.3 Å². The van der Waals surface area contributed by atoms with Crippen LogP contribution in [0.1, 0.15) is 29.7 Å². The summed E-state index contributed by atoms with van der Waals surface area (Å²) in [5.41, 5.74) is 3.40. The largest absolute Gasteiger partial charge is 0.508 e. The molecule has 0 amide bonds. The average molecular weight is 285 g/mol. The standard InChI is InChI=1S/C18H23NO2/c1-2-14-3-7-16(8-4-14)18(21)13-19-12-11-15-5-9-17(20)10-6-15/h3-10,18-21H,2,11-13H2,1H3. The molecule has 0 bridgehead atoms. The molecule has 0 aliphatic carbocycles. The molecule has 0 aliphatic heterocycles. The van der Waals surface area contributed by atoms with E-state index in [1.165, 1.54) is 11.1 Å². The monoisotopic (exact) mass is 285 g/mol. The quantitative estimate of drug-likeness (QED) is 0.686. The van der Waals surface area contributed by atoms with Crippen LogP contribution in [0.25, 0.3) is 0 Å². The van der Waals surface area contributed by atoms with Crippen molar-refractivity contribution in [1.82, 2.24) is 5.32 Å². The van der Waals surface area contributed by atoms with Crippen LogP contribution in [0.5, 0.6) is 5.75 Å². The molecule has 3 nitrogen and oxygen atoms in total. The lowest BCUT2D eigenvalue weighted by Crippen LogP contribution is -2.23. The minimum Gasteiger partial charge on any atom is -0.508 e. The Hall–Kier alpha value is -1.84. The number of aliphatic hydroxyl groups is 1. The van der Waals surface area contributed by atoms with Crippen molar-refractivity contribution in [2.75, 3.05) is 13.1 Å². The van der Waals surface area contributed by atoms with Gasteiger partial charge in [-0.05, 0) is 48.2 Å². The Kier molecular flexibility index (Phi) is 5.78. The molecular formula is C18H23NO2. The normalized spacial score (nSPS) is 12.3. The van der Waals surface area contributed by atoms with Crippen molar-refractivity contribution in [2.24, 2.45) is 0 Å². The average Bonchev–Trinajstić information content (AvgIpc) is 2.53. The predicted octanol–water partition coefficient (Wildman–Crippen LogP) is 2.82. The van der Waals surface area contributed by atoms with Gasteiger partial charge in [-0.25, -0.2) is 0 Å².